The lowest BCUT2D eigenvalue weighted by atomic mass is 9.96. The van der Waals surface area contributed by atoms with Crippen LogP contribution < -0.4 is 4.90 Å². The zero-order valence-electron chi connectivity index (χ0n) is 15.3. The first-order valence-electron chi connectivity index (χ1n) is 9.00. The quantitative estimate of drug-likeness (QED) is 0.442. The number of Topliss-reactive ketones (excluding diaryl/α,β-unsaturated/α-hetero) is 1. The van der Waals surface area contributed by atoms with Crippen molar-refractivity contribution in [3.63, 3.8) is 0 Å². The maximum atomic E-state index is 13.6. The number of thiazole rings is 1. The molecule has 0 radical (unpaired) electrons. The Hall–Kier alpha value is -3.36. The average Bonchev–Trinajstić information content (AvgIpc) is 3.47. The van der Waals surface area contributed by atoms with Gasteiger partial charge in [0.1, 0.15) is 5.82 Å². The predicted molar refractivity (Wildman–Crippen MR) is 115 cm³/mol. The first-order valence-corrected chi connectivity index (χ1v) is 10.7. The third-order valence-electron chi connectivity index (χ3n) is 4.86. The van der Waals surface area contributed by atoms with Crippen LogP contribution >= 0.6 is 22.7 Å². The molecule has 5 nitrogen and oxygen atoms in total. The highest BCUT2D eigenvalue weighted by molar-refractivity contribution is 7.22. The Morgan fingerprint density at radius 1 is 1.10 bits per heavy atom. The van der Waals surface area contributed by atoms with E-state index in [-0.39, 0.29) is 10.7 Å². The number of fused-ring (bicyclic) bond motifs is 1. The molecule has 2 aromatic heterocycles. The molecule has 5 rings (SSSR count). The molecule has 1 atom stereocenters. The van der Waals surface area contributed by atoms with E-state index in [2.05, 4.69) is 4.98 Å². The fraction of sp³-hybridized carbons (Fsp3) is 0.0455. The number of anilines is 1. The summed E-state index contributed by atoms with van der Waals surface area (Å²) in [5.41, 5.74) is 1.22. The van der Waals surface area contributed by atoms with E-state index in [4.69, 9.17) is 0 Å². The zero-order chi connectivity index (χ0) is 20.8. The Bertz CT molecular complexity index is 1310. The molecule has 4 aromatic rings. The van der Waals surface area contributed by atoms with E-state index in [1.54, 1.807) is 41.8 Å². The van der Waals surface area contributed by atoms with E-state index >= 15 is 0 Å². The number of thiophene rings is 1. The number of aromatic nitrogens is 1. The summed E-state index contributed by atoms with van der Waals surface area (Å²) in [5, 5.41) is 12.7. The van der Waals surface area contributed by atoms with Crippen LogP contribution in [0.3, 0.4) is 0 Å². The van der Waals surface area contributed by atoms with Crippen molar-refractivity contribution in [1.82, 2.24) is 4.98 Å². The molecule has 0 spiro atoms. The molecule has 0 aliphatic carbocycles. The van der Waals surface area contributed by atoms with E-state index in [0.29, 0.717) is 20.7 Å². The largest absolute Gasteiger partial charge is 0.503 e. The number of benzene rings is 2. The number of carbonyl (C=O) groups is 2. The first kappa shape index (κ1) is 18.7. The molecular formula is C22H13FN2O3S2. The number of hydrogen-bond acceptors (Lipinski definition) is 6. The van der Waals surface area contributed by atoms with Gasteiger partial charge >= 0.3 is 0 Å². The molecule has 3 heterocycles. The molecule has 30 heavy (non-hydrogen) atoms. The van der Waals surface area contributed by atoms with Gasteiger partial charge in [0, 0.05) is 0 Å². The lowest BCUT2D eigenvalue weighted by molar-refractivity contribution is -0.117. The SMILES string of the molecule is O=C(C1=C(O)C(=O)N(c2nc3ccc(F)cc3s2)[C@@H]1c1ccccc1)c1cccs1. The van der Waals surface area contributed by atoms with Crippen molar-refractivity contribution in [2.75, 3.05) is 4.90 Å². The number of halogens is 1. The highest BCUT2D eigenvalue weighted by atomic mass is 32.1. The van der Waals surface area contributed by atoms with Gasteiger partial charge < -0.3 is 5.11 Å². The molecule has 1 amide bonds. The fourth-order valence-corrected chi connectivity index (χ4v) is 5.21. The van der Waals surface area contributed by atoms with Crippen LogP contribution in [0.2, 0.25) is 0 Å². The van der Waals surface area contributed by atoms with Crippen molar-refractivity contribution in [3.05, 3.63) is 93.6 Å². The second kappa shape index (κ2) is 7.16. The average molecular weight is 436 g/mol. The van der Waals surface area contributed by atoms with Gasteiger partial charge in [-0.05, 0) is 35.2 Å². The zero-order valence-corrected chi connectivity index (χ0v) is 16.9. The molecule has 0 bridgehead atoms. The monoisotopic (exact) mass is 436 g/mol. The maximum Gasteiger partial charge on any atom is 0.296 e. The Labute approximate surface area is 178 Å². The summed E-state index contributed by atoms with van der Waals surface area (Å²) in [6, 6.07) is 15.8. The van der Waals surface area contributed by atoms with E-state index in [0.717, 1.165) is 11.3 Å². The van der Waals surface area contributed by atoms with Crippen molar-refractivity contribution in [1.29, 1.82) is 0 Å². The smallest absolute Gasteiger partial charge is 0.296 e. The number of carbonyl (C=O) groups excluding carboxylic acids is 2. The minimum atomic E-state index is -0.835. The highest BCUT2D eigenvalue weighted by Crippen LogP contribution is 2.44. The van der Waals surface area contributed by atoms with Gasteiger partial charge in [-0.2, -0.15) is 0 Å². The van der Waals surface area contributed by atoms with Crippen LogP contribution in [0.15, 0.2) is 77.4 Å². The summed E-state index contributed by atoms with van der Waals surface area (Å²) < 4.78 is 14.2. The van der Waals surface area contributed by atoms with Gasteiger partial charge in [0.2, 0.25) is 5.78 Å². The van der Waals surface area contributed by atoms with Gasteiger partial charge in [0.25, 0.3) is 5.91 Å². The standard InChI is InChI=1S/C22H13FN2O3S2/c23-13-8-9-14-16(11-13)30-22(24-14)25-18(12-5-2-1-3-6-12)17(20(27)21(25)28)19(26)15-7-4-10-29-15/h1-11,18,27H/t18-/m1/s1. The Morgan fingerprint density at radius 3 is 2.63 bits per heavy atom. The van der Waals surface area contributed by atoms with Gasteiger partial charge in [0.05, 0.1) is 26.7 Å². The topological polar surface area (TPSA) is 70.5 Å². The number of aliphatic hydroxyl groups excluding tert-OH is 1. The molecular weight excluding hydrogens is 423 g/mol. The van der Waals surface area contributed by atoms with Crippen LogP contribution in [0, 0.1) is 5.82 Å². The van der Waals surface area contributed by atoms with Crippen molar-refractivity contribution in [3.8, 4) is 0 Å². The van der Waals surface area contributed by atoms with Crippen LogP contribution in [0.5, 0.6) is 0 Å². The number of ketones is 1. The second-order valence-corrected chi connectivity index (χ2v) is 8.62. The summed E-state index contributed by atoms with van der Waals surface area (Å²) in [4.78, 5) is 32.5. The van der Waals surface area contributed by atoms with Crippen molar-refractivity contribution >= 4 is 49.7 Å². The van der Waals surface area contributed by atoms with Gasteiger partial charge in [-0.1, -0.05) is 47.7 Å². The van der Waals surface area contributed by atoms with Gasteiger partial charge in [-0.3, -0.25) is 14.5 Å². The molecule has 0 unspecified atom stereocenters. The van der Waals surface area contributed by atoms with Crippen LogP contribution in [-0.2, 0) is 4.79 Å². The highest BCUT2D eigenvalue weighted by Gasteiger charge is 2.46. The maximum absolute atomic E-state index is 13.6. The molecule has 2 aromatic carbocycles. The van der Waals surface area contributed by atoms with E-state index in [1.807, 2.05) is 6.07 Å². The molecule has 0 fully saturated rings. The number of rotatable bonds is 4. The summed E-state index contributed by atoms with van der Waals surface area (Å²) in [6.07, 6.45) is 0. The molecule has 8 heteroatoms. The minimum Gasteiger partial charge on any atom is -0.503 e. The lowest BCUT2D eigenvalue weighted by Crippen LogP contribution is -2.30. The Morgan fingerprint density at radius 2 is 1.90 bits per heavy atom. The Balaban J connectivity index is 1.68. The van der Waals surface area contributed by atoms with Crippen LogP contribution in [0.1, 0.15) is 21.3 Å². The molecule has 1 aliphatic rings. The van der Waals surface area contributed by atoms with Gasteiger partial charge in [0.15, 0.2) is 10.9 Å². The predicted octanol–water partition coefficient (Wildman–Crippen LogP) is 5.28. The number of amides is 1. The summed E-state index contributed by atoms with van der Waals surface area (Å²) in [6.45, 7) is 0. The third kappa shape index (κ3) is 2.92. The van der Waals surface area contributed by atoms with E-state index in [9.17, 15) is 19.1 Å². The first-order chi connectivity index (χ1) is 14.5. The molecule has 1 N–H and O–H groups in total. The normalized spacial score (nSPS) is 16.6. The van der Waals surface area contributed by atoms with Crippen LogP contribution in [0.4, 0.5) is 9.52 Å². The lowest BCUT2D eigenvalue weighted by Gasteiger charge is -2.24. The minimum absolute atomic E-state index is 0.0130. The number of hydrogen-bond donors (Lipinski definition) is 1. The van der Waals surface area contributed by atoms with Crippen LogP contribution in [0.25, 0.3) is 10.2 Å². The number of nitrogens with zero attached hydrogens (tertiary/aromatic N) is 2. The summed E-state index contributed by atoms with van der Waals surface area (Å²) in [5.74, 6) is -2.10. The fourth-order valence-electron chi connectivity index (χ4n) is 3.52. The summed E-state index contributed by atoms with van der Waals surface area (Å²) >= 11 is 2.37. The van der Waals surface area contributed by atoms with Crippen molar-refractivity contribution in [2.45, 2.75) is 6.04 Å². The van der Waals surface area contributed by atoms with Crippen molar-refractivity contribution < 1.29 is 19.1 Å². The summed E-state index contributed by atoms with van der Waals surface area (Å²) in [7, 11) is 0. The van der Waals surface area contributed by atoms with E-state index < -0.39 is 29.3 Å². The molecule has 148 valence electrons. The Kier molecular flexibility index (Phi) is 4.45. The molecule has 0 saturated heterocycles. The van der Waals surface area contributed by atoms with Crippen LogP contribution in [-0.4, -0.2) is 21.8 Å². The van der Waals surface area contributed by atoms with E-state index in [1.165, 1.54) is 34.4 Å². The second-order valence-electron chi connectivity index (χ2n) is 6.67. The molecule has 0 saturated carbocycles. The van der Waals surface area contributed by atoms with Gasteiger partial charge in [-0.15, -0.1) is 11.3 Å². The van der Waals surface area contributed by atoms with Crippen molar-refractivity contribution in [2.24, 2.45) is 0 Å². The third-order valence-corrected chi connectivity index (χ3v) is 6.74. The molecule has 1 aliphatic heterocycles. The number of aliphatic hydroxyl groups is 1. The van der Waals surface area contributed by atoms with Gasteiger partial charge in [-0.25, -0.2) is 9.37 Å².